The number of aliphatic hydroxyl groups is 1. The van der Waals surface area contributed by atoms with Gasteiger partial charge in [-0.25, -0.2) is 4.39 Å². The monoisotopic (exact) mass is 357 g/mol. The highest BCUT2D eigenvalue weighted by atomic mass is 19.1. The van der Waals surface area contributed by atoms with Crippen molar-refractivity contribution in [3.8, 4) is 17.1 Å². The Bertz CT molecular complexity index is 898. The standard InChI is InChI=1S/C18H16FN3O4/c1-25-15-8-7-12(9-13(15)19)16-21-18(26-22-16)14(10-23)20-17(24)11-5-3-2-4-6-11/h2-9,14,23H,10H2,1H3,(H,20,24)/t14-/m0/s1. The van der Waals surface area contributed by atoms with Gasteiger partial charge in [0, 0.05) is 11.1 Å². The van der Waals surface area contributed by atoms with Crippen molar-refractivity contribution in [1.82, 2.24) is 15.5 Å². The highest BCUT2D eigenvalue weighted by Gasteiger charge is 2.22. The first-order valence-electron chi connectivity index (χ1n) is 7.76. The molecule has 0 saturated heterocycles. The number of aromatic nitrogens is 2. The summed E-state index contributed by atoms with van der Waals surface area (Å²) in [6.45, 7) is -0.433. The second kappa shape index (κ2) is 7.75. The molecule has 1 heterocycles. The van der Waals surface area contributed by atoms with Gasteiger partial charge in [0.1, 0.15) is 6.04 Å². The number of carbonyl (C=O) groups is 1. The number of hydrogen-bond acceptors (Lipinski definition) is 6. The number of nitrogens with one attached hydrogen (secondary N) is 1. The smallest absolute Gasteiger partial charge is 0.251 e. The fraction of sp³-hybridized carbons (Fsp3) is 0.167. The van der Waals surface area contributed by atoms with Crippen LogP contribution in [-0.2, 0) is 0 Å². The van der Waals surface area contributed by atoms with Gasteiger partial charge in [-0.2, -0.15) is 4.98 Å². The molecule has 1 atom stereocenters. The molecular formula is C18H16FN3O4. The first kappa shape index (κ1) is 17.6. The minimum Gasteiger partial charge on any atom is -0.494 e. The normalized spacial score (nSPS) is 11.8. The molecule has 1 amide bonds. The Hall–Kier alpha value is -3.26. The van der Waals surface area contributed by atoms with E-state index in [1.807, 2.05) is 0 Å². The van der Waals surface area contributed by atoms with Crippen molar-refractivity contribution in [2.75, 3.05) is 13.7 Å². The maximum Gasteiger partial charge on any atom is 0.251 e. The third kappa shape index (κ3) is 3.70. The summed E-state index contributed by atoms with van der Waals surface area (Å²) in [5.74, 6) is -0.704. The summed E-state index contributed by atoms with van der Waals surface area (Å²) in [6, 6.07) is 11.9. The van der Waals surface area contributed by atoms with Gasteiger partial charge >= 0.3 is 0 Å². The van der Waals surface area contributed by atoms with E-state index < -0.39 is 18.5 Å². The number of benzene rings is 2. The molecule has 0 aliphatic carbocycles. The number of aliphatic hydroxyl groups excluding tert-OH is 1. The molecule has 3 aromatic rings. The van der Waals surface area contributed by atoms with Gasteiger partial charge < -0.3 is 19.7 Å². The summed E-state index contributed by atoms with van der Waals surface area (Å²) in [6.07, 6.45) is 0. The van der Waals surface area contributed by atoms with E-state index in [2.05, 4.69) is 15.5 Å². The fourth-order valence-corrected chi connectivity index (χ4v) is 2.32. The Balaban J connectivity index is 1.79. The van der Waals surface area contributed by atoms with Gasteiger partial charge in [-0.05, 0) is 30.3 Å². The van der Waals surface area contributed by atoms with E-state index in [1.54, 1.807) is 36.4 Å². The summed E-state index contributed by atoms with van der Waals surface area (Å²) >= 11 is 0. The molecule has 1 aromatic heterocycles. The minimum atomic E-state index is -0.882. The first-order valence-corrected chi connectivity index (χ1v) is 7.76. The second-order valence-electron chi connectivity index (χ2n) is 5.38. The summed E-state index contributed by atoms with van der Waals surface area (Å²) in [5, 5.41) is 15.9. The van der Waals surface area contributed by atoms with Crippen LogP contribution in [0.3, 0.4) is 0 Å². The molecule has 3 rings (SSSR count). The summed E-state index contributed by atoms with van der Waals surface area (Å²) in [4.78, 5) is 16.3. The van der Waals surface area contributed by atoms with E-state index in [0.717, 1.165) is 0 Å². The van der Waals surface area contributed by atoms with Crippen LogP contribution < -0.4 is 10.1 Å². The molecule has 8 heteroatoms. The third-order valence-corrected chi connectivity index (χ3v) is 3.67. The number of carbonyl (C=O) groups excluding carboxylic acids is 1. The lowest BCUT2D eigenvalue weighted by Crippen LogP contribution is -2.31. The number of amides is 1. The van der Waals surface area contributed by atoms with Crippen LogP contribution in [0.1, 0.15) is 22.3 Å². The van der Waals surface area contributed by atoms with E-state index in [0.29, 0.717) is 11.1 Å². The lowest BCUT2D eigenvalue weighted by Gasteiger charge is -2.11. The van der Waals surface area contributed by atoms with Gasteiger partial charge in [-0.15, -0.1) is 0 Å². The molecule has 2 aromatic carbocycles. The van der Waals surface area contributed by atoms with Gasteiger partial charge in [-0.3, -0.25) is 4.79 Å². The SMILES string of the molecule is COc1ccc(-c2noc([C@H](CO)NC(=O)c3ccccc3)n2)cc1F. The molecule has 0 fully saturated rings. The number of ether oxygens (including phenoxy) is 1. The van der Waals surface area contributed by atoms with E-state index >= 15 is 0 Å². The van der Waals surface area contributed by atoms with Crippen LogP contribution in [0, 0.1) is 5.82 Å². The molecule has 0 aliphatic heterocycles. The molecule has 0 bridgehead atoms. The Morgan fingerprint density at radius 1 is 1.31 bits per heavy atom. The van der Waals surface area contributed by atoms with Gasteiger partial charge in [0.15, 0.2) is 11.6 Å². The van der Waals surface area contributed by atoms with E-state index in [-0.39, 0.29) is 23.4 Å². The molecule has 0 spiro atoms. The third-order valence-electron chi connectivity index (χ3n) is 3.67. The number of hydrogen-bond donors (Lipinski definition) is 2. The number of nitrogens with zero attached hydrogens (tertiary/aromatic N) is 2. The first-order chi connectivity index (χ1) is 12.6. The van der Waals surface area contributed by atoms with Crippen molar-refractivity contribution in [1.29, 1.82) is 0 Å². The molecule has 0 saturated carbocycles. The van der Waals surface area contributed by atoms with E-state index in [4.69, 9.17) is 9.26 Å². The van der Waals surface area contributed by atoms with Gasteiger partial charge in [0.25, 0.3) is 11.8 Å². The van der Waals surface area contributed by atoms with Crippen molar-refractivity contribution in [2.45, 2.75) is 6.04 Å². The Kier molecular flexibility index (Phi) is 5.23. The van der Waals surface area contributed by atoms with Crippen molar-refractivity contribution in [2.24, 2.45) is 0 Å². The van der Waals surface area contributed by atoms with Crippen molar-refractivity contribution >= 4 is 5.91 Å². The van der Waals surface area contributed by atoms with Crippen LogP contribution in [0.4, 0.5) is 4.39 Å². The van der Waals surface area contributed by atoms with Crippen molar-refractivity contribution in [3.05, 3.63) is 65.8 Å². The van der Waals surface area contributed by atoms with Crippen molar-refractivity contribution in [3.63, 3.8) is 0 Å². The van der Waals surface area contributed by atoms with Crippen LogP contribution in [-0.4, -0.2) is 34.9 Å². The molecule has 0 unspecified atom stereocenters. The van der Waals surface area contributed by atoms with Gasteiger partial charge in [-0.1, -0.05) is 23.4 Å². The molecule has 0 radical (unpaired) electrons. The van der Waals surface area contributed by atoms with E-state index in [9.17, 15) is 14.3 Å². The molecule has 0 aliphatic rings. The zero-order valence-electron chi connectivity index (χ0n) is 13.8. The number of rotatable bonds is 6. The number of halogens is 1. The fourth-order valence-electron chi connectivity index (χ4n) is 2.32. The molecular weight excluding hydrogens is 341 g/mol. The Morgan fingerprint density at radius 3 is 2.73 bits per heavy atom. The zero-order valence-corrected chi connectivity index (χ0v) is 13.8. The zero-order chi connectivity index (χ0) is 18.5. The van der Waals surface area contributed by atoms with Gasteiger partial charge in [0.05, 0.1) is 13.7 Å². The predicted molar refractivity (Wildman–Crippen MR) is 90.0 cm³/mol. The average molecular weight is 357 g/mol. The van der Waals surface area contributed by atoms with E-state index in [1.165, 1.54) is 19.2 Å². The summed E-state index contributed by atoms with van der Waals surface area (Å²) in [5.41, 5.74) is 0.812. The topological polar surface area (TPSA) is 97.5 Å². The molecule has 2 N–H and O–H groups in total. The maximum atomic E-state index is 13.8. The summed E-state index contributed by atoms with van der Waals surface area (Å²) < 4.78 is 23.8. The number of methoxy groups -OCH3 is 1. The predicted octanol–water partition coefficient (Wildman–Crippen LogP) is 2.35. The molecule has 7 nitrogen and oxygen atoms in total. The lowest BCUT2D eigenvalue weighted by molar-refractivity contribution is 0.0901. The van der Waals surface area contributed by atoms with Crippen LogP contribution in [0.25, 0.3) is 11.4 Å². The Morgan fingerprint density at radius 2 is 2.08 bits per heavy atom. The van der Waals surface area contributed by atoms with Crippen LogP contribution in [0.15, 0.2) is 53.1 Å². The molecule has 26 heavy (non-hydrogen) atoms. The maximum absolute atomic E-state index is 13.8. The Labute approximate surface area is 148 Å². The second-order valence-corrected chi connectivity index (χ2v) is 5.38. The van der Waals surface area contributed by atoms with Crippen molar-refractivity contribution < 1.29 is 23.6 Å². The van der Waals surface area contributed by atoms with Crippen LogP contribution >= 0.6 is 0 Å². The lowest BCUT2D eigenvalue weighted by atomic mass is 10.2. The highest BCUT2D eigenvalue weighted by Crippen LogP contribution is 2.24. The summed E-state index contributed by atoms with van der Waals surface area (Å²) in [7, 11) is 1.37. The quantitative estimate of drug-likeness (QED) is 0.703. The largest absolute Gasteiger partial charge is 0.494 e. The minimum absolute atomic E-state index is 0.0167. The highest BCUT2D eigenvalue weighted by molar-refractivity contribution is 5.94. The van der Waals surface area contributed by atoms with Gasteiger partial charge in [0.2, 0.25) is 5.82 Å². The average Bonchev–Trinajstić information content (AvgIpc) is 3.16. The molecule has 134 valence electrons. The van der Waals surface area contributed by atoms with Crippen LogP contribution in [0.5, 0.6) is 5.75 Å². The van der Waals surface area contributed by atoms with Crippen LogP contribution in [0.2, 0.25) is 0 Å².